The normalized spacial score (nSPS) is 15.0. The van der Waals surface area contributed by atoms with Crippen molar-refractivity contribution in [1.29, 1.82) is 0 Å². The van der Waals surface area contributed by atoms with Gasteiger partial charge in [-0.1, -0.05) is 18.1 Å². The average Bonchev–Trinajstić information content (AvgIpc) is 3.27. The van der Waals surface area contributed by atoms with Crippen LogP contribution >= 0.6 is 11.8 Å². The molecule has 0 N–H and O–H groups in total. The first-order valence-corrected chi connectivity index (χ1v) is 8.92. The molecule has 0 bridgehead atoms. The summed E-state index contributed by atoms with van der Waals surface area (Å²) in [6, 6.07) is 9.92. The molecule has 1 saturated heterocycles. The molecule has 0 spiro atoms. The van der Waals surface area contributed by atoms with Gasteiger partial charge in [-0.2, -0.15) is 0 Å². The minimum atomic E-state index is -0.630. The molecule has 1 aromatic heterocycles. The van der Waals surface area contributed by atoms with E-state index in [4.69, 9.17) is 15.6 Å². The highest BCUT2D eigenvalue weighted by Crippen LogP contribution is 2.33. The number of terminal acetylenes is 1. The van der Waals surface area contributed by atoms with E-state index in [-0.39, 0.29) is 18.9 Å². The molecule has 2 aromatic rings. The van der Waals surface area contributed by atoms with Gasteiger partial charge in [-0.05, 0) is 47.7 Å². The van der Waals surface area contributed by atoms with E-state index >= 15 is 0 Å². The lowest BCUT2D eigenvalue weighted by Crippen LogP contribution is -2.27. The number of nitrogens with zero attached hydrogens (tertiary/aromatic N) is 1. The third-order valence-corrected chi connectivity index (χ3v) is 4.64. The van der Waals surface area contributed by atoms with Gasteiger partial charge in [0.1, 0.15) is 18.1 Å². The molecule has 1 aliphatic heterocycles. The van der Waals surface area contributed by atoms with Crippen LogP contribution in [-0.4, -0.2) is 35.7 Å². The predicted molar refractivity (Wildman–Crippen MR) is 102 cm³/mol. The van der Waals surface area contributed by atoms with E-state index in [2.05, 4.69) is 10.7 Å². The summed E-state index contributed by atoms with van der Waals surface area (Å²) in [7, 11) is 1.24. The fourth-order valence-electron chi connectivity index (χ4n) is 2.40. The first-order chi connectivity index (χ1) is 13.5. The van der Waals surface area contributed by atoms with Crippen LogP contribution in [0.3, 0.4) is 0 Å². The van der Waals surface area contributed by atoms with Gasteiger partial charge in [0.15, 0.2) is 0 Å². The van der Waals surface area contributed by atoms with Crippen molar-refractivity contribution >= 4 is 35.0 Å². The van der Waals surface area contributed by atoms with Crippen molar-refractivity contribution in [3.8, 4) is 18.1 Å². The average molecular weight is 397 g/mol. The molecule has 1 fully saturated rings. The summed E-state index contributed by atoms with van der Waals surface area (Å²) < 4.78 is 15.2. The Labute approximate surface area is 165 Å². The van der Waals surface area contributed by atoms with Gasteiger partial charge in [-0.3, -0.25) is 14.5 Å². The highest BCUT2D eigenvalue weighted by Gasteiger charge is 2.35. The van der Waals surface area contributed by atoms with E-state index in [1.54, 1.807) is 30.3 Å². The molecule has 0 saturated carbocycles. The number of imide groups is 1. The van der Waals surface area contributed by atoms with Gasteiger partial charge in [0.25, 0.3) is 11.1 Å². The number of amides is 2. The van der Waals surface area contributed by atoms with Crippen LogP contribution in [0, 0.1) is 12.3 Å². The zero-order valence-corrected chi connectivity index (χ0v) is 15.7. The molecule has 0 unspecified atom stereocenters. The second-order valence-electron chi connectivity index (χ2n) is 5.59. The SMILES string of the molecule is C#CCOc1ccc(/C=C2/SC(=O)N(Cc3ccc(C(=O)OC)o3)C2=O)cc1. The molecule has 142 valence electrons. The van der Waals surface area contributed by atoms with Gasteiger partial charge in [0.05, 0.1) is 18.6 Å². The maximum Gasteiger partial charge on any atom is 0.373 e. The molecule has 1 aromatic carbocycles. The number of carbonyl (C=O) groups excluding carboxylic acids is 3. The van der Waals surface area contributed by atoms with Crippen LogP contribution < -0.4 is 4.74 Å². The van der Waals surface area contributed by atoms with E-state index < -0.39 is 17.1 Å². The Morgan fingerprint density at radius 3 is 2.68 bits per heavy atom. The van der Waals surface area contributed by atoms with E-state index in [1.807, 2.05) is 0 Å². The van der Waals surface area contributed by atoms with Crippen LogP contribution in [0.25, 0.3) is 6.08 Å². The largest absolute Gasteiger partial charge is 0.481 e. The van der Waals surface area contributed by atoms with Gasteiger partial charge in [-0.15, -0.1) is 6.42 Å². The maximum atomic E-state index is 12.6. The second-order valence-corrected chi connectivity index (χ2v) is 6.58. The zero-order chi connectivity index (χ0) is 20.1. The van der Waals surface area contributed by atoms with E-state index in [0.717, 1.165) is 22.2 Å². The molecule has 0 atom stereocenters. The van der Waals surface area contributed by atoms with Crippen molar-refractivity contribution in [3.05, 3.63) is 58.4 Å². The molecule has 28 heavy (non-hydrogen) atoms. The lowest BCUT2D eigenvalue weighted by Gasteiger charge is -2.09. The van der Waals surface area contributed by atoms with Crippen LogP contribution in [0.4, 0.5) is 4.79 Å². The summed E-state index contributed by atoms with van der Waals surface area (Å²) >= 11 is 0.839. The first kappa shape index (κ1) is 19.3. The van der Waals surface area contributed by atoms with Crippen molar-refractivity contribution in [2.45, 2.75) is 6.54 Å². The Bertz CT molecular complexity index is 983. The van der Waals surface area contributed by atoms with Gasteiger partial charge >= 0.3 is 5.97 Å². The summed E-state index contributed by atoms with van der Waals surface area (Å²) in [6.07, 6.45) is 6.77. The topological polar surface area (TPSA) is 86.1 Å². The minimum absolute atomic E-state index is 0.00663. The Morgan fingerprint density at radius 1 is 1.25 bits per heavy atom. The van der Waals surface area contributed by atoms with Crippen LogP contribution in [0.5, 0.6) is 5.75 Å². The molecule has 7 nitrogen and oxygen atoms in total. The number of ether oxygens (including phenoxy) is 2. The van der Waals surface area contributed by atoms with Crippen LogP contribution in [-0.2, 0) is 16.1 Å². The highest BCUT2D eigenvalue weighted by atomic mass is 32.2. The number of carbonyl (C=O) groups is 3. The zero-order valence-electron chi connectivity index (χ0n) is 14.8. The molecule has 1 aliphatic rings. The van der Waals surface area contributed by atoms with Crippen molar-refractivity contribution < 1.29 is 28.3 Å². The number of methoxy groups -OCH3 is 1. The smallest absolute Gasteiger partial charge is 0.373 e. The van der Waals surface area contributed by atoms with Gasteiger partial charge in [-0.25, -0.2) is 4.79 Å². The molecular formula is C20H15NO6S. The van der Waals surface area contributed by atoms with E-state index in [9.17, 15) is 14.4 Å². The maximum absolute atomic E-state index is 12.6. The second kappa shape index (κ2) is 8.50. The molecular weight excluding hydrogens is 382 g/mol. The van der Waals surface area contributed by atoms with E-state index in [1.165, 1.54) is 19.2 Å². The van der Waals surface area contributed by atoms with Crippen LogP contribution in [0.15, 0.2) is 45.7 Å². The number of esters is 1. The number of hydrogen-bond acceptors (Lipinski definition) is 7. The Kier molecular flexibility index (Phi) is 5.87. The molecule has 8 heteroatoms. The van der Waals surface area contributed by atoms with Gasteiger partial charge in [0.2, 0.25) is 5.76 Å². The number of hydrogen-bond donors (Lipinski definition) is 0. The third-order valence-electron chi connectivity index (χ3n) is 3.74. The third kappa shape index (κ3) is 4.27. The molecule has 2 heterocycles. The predicted octanol–water partition coefficient (Wildman–Crippen LogP) is 3.31. The summed E-state index contributed by atoms with van der Waals surface area (Å²) in [5.41, 5.74) is 0.740. The number of rotatable bonds is 6. The summed E-state index contributed by atoms with van der Waals surface area (Å²) in [6.45, 7) is 0.0978. The van der Waals surface area contributed by atoms with Crippen molar-refractivity contribution in [3.63, 3.8) is 0 Å². The Hall–Kier alpha value is -3.44. The Morgan fingerprint density at radius 2 is 2.00 bits per heavy atom. The monoisotopic (exact) mass is 397 g/mol. The Balaban J connectivity index is 1.70. The lowest BCUT2D eigenvalue weighted by molar-refractivity contribution is -0.123. The number of thioether (sulfide) groups is 1. The fourth-order valence-corrected chi connectivity index (χ4v) is 3.24. The summed E-state index contributed by atoms with van der Waals surface area (Å²) in [5, 5.41) is -0.416. The molecule has 2 amide bonds. The number of benzene rings is 1. The fraction of sp³-hybridized carbons (Fsp3) is 0.150. The molecule has 0 radical (unpaired) electrons. The standard InChI is InChI=1S/C20H15NO6S/c1-3-10-26-14-6-4-13(5-7-14)11-17-18(22)21(20(24)28-17)12-15-8-9-16(27-15)19(23)25-2/h1,4-9,11H,10,12H2,2H3/b17-11+. The first-order valence-electron chi connectivity index (χ1n) is 8.10. The van der Waals surface area contributed by atoms with Crippen molar-refractivity contribution in [2.24, 2.45) is 0 Å². The van der Waals surface area contributed by atoms with E-state index in [0.29, 0.717) is 16.4 Å². The molecule has 3 rings (SSSR count). The highest BCUT2D eigenvalue weighted by molar-refractivity contribution is 8.18. The van der Waals surface area contributed by atoms with Gasteiger partial charge < -0.3 is 13.9 Å². The number of furan rings is 1. The van der Waals surface area contributed by atoms with Crippen molar-refractivity contribution in [2.75, 3.05) is 13.7 Å². The molecule has 0 aliphatic carbocycles. The quantitative estimate of drug-likeness (QED) is 0.420. The summed E-state index contributed by atoms with van der Waals surface area (Å²) in [4.78, 5) is 37.6. The minimum Gasteiger partial charge on any atom is -0.481 e. The van der Waals surface area contributed by atoms with Crippen LogP contribution in [0.1, 0.15) is 21.9 Å². The lowest BCUT2D eigenvalue weighted by atomic mass is 10.2. The van der Waals surface area contributed by atoms with Crippen LogP contribution in [0.2, 0.25) is 0 Å². The van der Waals surface area contributed by atoms with Crippen molar-refractivity contribution in [1.82, 2.24) is 4.90 Å². The summed E-state index contributed by atoms with van der Waals surface area (Å²) in [5.74, 6) is 2.24. The van der Waals surface area contributed by atoms with Gasteiger partial charge in [0, 0.05) is 0 Å².